The summed E-state index contributed by atoms with van der Waals surface area (Å²) in [6.07, 6.45) is 7.11. The maximum Gasteiger partial charge on any atom is 0.0577 e. The maximum absolute atomic E-state index is 5.70. The van der Waals surface area contributed by atoms with Crippen LogP contribution in [0.15, 0.2) is 0 Å². The minimum atomic E-state index is 0.582. The van der Waals surface area contributed by atoms with E-state index in [1.165, 1.54) is 25.7 Å². The lowest BCUT2D eigenvalue weighted by molar-refractivity contribution is 0.0160. The molecule has 0 bridgehead atoms. The average molecular weight is 156 g/mol. The highest BCUT2D eigenvalue weighted by Crippen LogP contribution is 2.25. The van der Waals surface area contributed by atoms with Gasteiger partial charge < -0.3 is 4.74 Å². The molecule has 1 aliphatic carbocycles. The Bertz CT molecular complexity index is 101. The fraction of sp³-hybridized carbons (Fsp3) is 1.00. The van der Waals surface area contributed by atoms with Gasteiger partial charge in [-0.2, -0.15) is 0 Å². The zero-order valence-electron chi connectivity index (χ0n) is 7.81. The fourth-order valence-electron chi connectivity index (χ4n) is 1.81. The molecule has 1 heteroatoms. The number of hydrogen-bond donors (Lipinski definition) is 0. The van der Waals surface area contributed by atoms with Crippen LogP contribution in [0.3, 0.4) is 0 Å². The van der Waals surface area contributed by atoms with Gasteiger partial charge in [-0.25, -0.2) is 0 Å². The van der Waals surface area contributed by atoms with Crippen molar-refractivity contribution < 1.29 is 4.74 Å². The molecule has 0 radical (unpaired) electrons. The molecule has 2 atom stereocenters. The Morgan fingerprint density at radius 3 is 2.82 bits per heavy atom. The standard InChI is InChI=1S/C10H20O/c1-3-7-11-10-6-4-5-9(2)8-10/h9-10H,3-8H2,1-2H3/t9-,10+/m1/s1. The van der Waals surface area contributed by atoms with Crippen LogP contribution in [-0.4, -0.2) is 12.7 Å². The molecule has 1 aliphatic rings. The Morgan fingerprint density at radius 2 is 2.18 bits per heavy atom. The van der Waals surface area contributed by atoms with Crippen LogP contribution in [0.5, 0.6) is 0 Å². The number of hydrogen-bond acceptors (Lipinski definition) is 1. The quantitative estimate of drug-likeness (QED) is 0.610. The van der Waals surface area contributed by atoms with E-state index in [0.29, 0.717) is 6.10 Å². The van der Waals surface area contributed by atoms with E-state index in [-0.39, 0.29) is 0 Å². The van der Waals surface area contributed by atoms with Crippen molar-refractivity contribution in [3.63, 3.8) is 0 Å². The largest absolute Gasteiger partial charge is 0.378 e. The lowest BCUT2D eigenvalue weighted by atomic mass is 9.89. The zero-order valence-corrected chi connectivity index (χ0v) is 7.81. The van der Waals surface area contributed by atoms with E-state index in [9.17, 15) is 0 Å². The van der Waals surface area contributed by atoms with Gasteiger partial charge in [0.05, 0.1) is 6.10 Å². The predicted octanol–water partition coefficient (Wildman–Crippen LogP) is 2.99. The van der Waals surface area contributed by atoms with Crippen molar-refractivity contribution >= 4 is 0 Å². The first-order valence-corrected chi connectivity index (χ1v) is 4.94. The van der Waals surface area contributed by atoms with Gasteiger partial charge in [0.25, 0.3) is 0 Å². The number of ether oxygens (including phenoxy) is 1. The molecule has 0 spiro atoms. The third kappa shape index (κ3) is 3.24. The summed E-state index contributed by atoms with van der Waals surface area (Å²) in [5, 5.41) is 0. The molecule has 1 nitrogen and oxygen atoms in total. The molecule has 0 N–H and O–H groups in total. The highest BCUT2D eigenvalue weighted by atomic mass is 16.5. The Labute approximate surface area is 70.1 Å². The van der Waals surface area contributed by atoms with Crippen molar-refractivity contribution in [1.82, 2.24) is 0 Å². The maximum atomic E-state index is 5.70. The van der Waals surface area contributed by atoms with Crippen molar-refractivity contribution in [2.75, 3.05) is 6.61 Å². The molecule has 0 aliphatic heterocycles. The SMILES string of the molecule is CCCO[C@H]1CCC[C@@H](C)C1. The molecule has 66 valence electrons. The van der Waals surface area contributed by atoms with Crippen molar-refractivity contribution in [3.8, 4) is 0 Å². The molecule has 0 aromatic heterocycles. The molecule has 0 aromatic carbocycles. The molecule has 1 saturated carbocycles. The van der Waals surface area contributed by atoms with Crippen molar-refractivity contribution in [3.05, 3.63) is 0 Å². The smallest absolute Gasteiger partial charge is 0.0577 e. The van der Waals surface area contributed by atoms with Gasteiger partial charge in [-0.15, -0.1) is 0 Å². The Morgan fingerprint density at radius 1 is 1.36 bits per heavy atom. The summed E-state index contributed by atoms with van der Waals surface area (Å²) in [6, 6.07) is 0. The Kier molecular flexibility index (Phi) is 3.92. The average Bonchev–Trinajstić information content (AvgIpc) is 2.01. The van der Waals surface area contributed by atoms with E-state index < -0.39 is 0 Å². The summed E-state index contributed by atoms with van der Waals surface area (Å²) < 4.78 is 5.70. The summed E-state index contributed by atoms with van der Waals surface area (Å²) in [7, 11) is 0. The van der Waals surface area contributed by atoms with E-state index in [1.807, 2.05) is 0 Å². The third-order valence-electron chi connectivity index (χ3n) is 2.45. The molecule has 0 unspecified atom stereocenters. The van der Waals surface area contributed by atoms with Crippen molar-refractivity contribution in [2.45, 2.75) is 52.1 Å². The van der Waals surface area contributed by atoms with Crippen LogP contribution in [0.1, 0.15) is 46.0 Å². The van der Waals surface area contributed by atoms with Gasteiger partial charge in [0.1, 0.15) is 0 Å². The van der Waals surface area contributed by atoms with Crippen LogP contribution in [0, 0.1) is 5.92 Å². The molecule has 0 heterocycles. The topological polar surface area (TPSA) is 9.23 Å². The van der Waals surface area contributed by atoms with Gasteiger partial charge >= 0.3 is 0 Å². The molecule has 0 saturated heterocycles. The second-order valence-corrected chi connectivity index (χ2v) is 3.76. The first-order valence-electron chi connectivity index (χ1n) is 4.94. The Balaban J connectivity index is 2.12. The highest BCUT2D eigenvalue weighted by Gasteiger charge is 2.18. The number of rotatable bonds is 3. The second kappa shape index (κ2) is 4.76. The van der Waals surface area contributed by atoms with Gasteiger partial charge in [0.15, 0.2) is 0 Å². The summed E-state index contributed by atoms with van der Waals surface area (Å²) >= 11 is 0. The van der Waals surface area contributed by atoms with E-state index in [0.717, 1.165) is 18.9 Å². The molecule has 1 fully saturated rings. The summed E-state index contributed by atoms with van der Waals surface area (Å²) in [5.41, 5.74) is 0. The Hall–Kier alpha value is -0.0400. The fourth-order valence-corrected chi connectivity index (χ4v) is 1.81. The second-order valence-electron chi connectivity index (χ2n) is 3.76. The van der Waals surface area contributed by atoms with Gasteiger partial charge in [-0.1, -0.05) is 26.7 Å². The predicted molar refractivity (Wildman–Crippen MR) is 47.7 cm³/mol. The molecule has 0 aromatic rings. The van der Waals surface area contributed by atoms with Crippen molar-refractivity contribution in [1.29, 1.82) is 0 Å². The van der Waals surface area contributed by atoms with Crippen LogP contribution in [0.4, 0.5) is 0 Å². The van der Waals surface area contributed by atoms with Gasteiger partial charge in [-0.3, -0.25) is 0 Å². The zero-order chi connectivity index (χ0) is 8.10. The van der Waals surface area contributed by atoms with Crippen LogP contribution < -0.4 is 0 Å². The van der Waals surface area contributed by atoms with Gasteiger partial charge in [0.2, 0.25) is 0 Å². The van der Waals surface area contributed by atoms with Crippen LogP contribution in [-0.2, 0) is 4.74 Å². The molecule has 11 heavy (non-hydrogen) atoms. The first kappa shape index (κ1) is 9.05. The normalized spacial score (nSPS) is 32.2. The van der Waals surface area contributed by atoms with E-state index >= 15 is 0 Å². The summed E-state index contributed by atoms with van der Waals surface area (Å²) in [4.78, 5) is 0. The van der Waals surface area contributed by atoms with E-state index in [1.54, 1.807) is 0 Å². The lowest BCUT2D eigenvalue weighted by Gasteiger charge is -2.26. The third-order valence-corrected chi connectivity index (χ3v) is 2.45. The molecule has 1 rings (SSSR count). The van der Waals surface area contributed by atoms with Crippen LogP contribution in [0.2, 0.25) is 0 Å². The van der Waals surface area contributed by atoms with Gasteiger partial charge in [-0.05, 0) is 25.2 Å². The summed E-state index contributed by atoms with van der Waals surface area (Å²) in [5.74, 6) is 0.894. The van der Waals surface area contributed by atoms with Crippen molar-refractivity contribution in [2.24, 2.45) is 5.92 Å². The lowest BCUT2D eigenvalue weighted by Crippen LogP contribution is -2.21. The molecular weight excluding hydrogens is 136 g/mol. The summed E-state index contributed by atoms with van der Waals surface area (Å²) in [6.45, 7) is 5.46. The minimum absolute atomic E-state index is 0.582. The van der Waals surface area contributed by atoms with Crippen LogP contribution in [0.25, 0.3) is 0 Å². The highest BCUT2D eigenvalue weighted by molar-refractivity contribution is 4.70. The first-order chi connectivity index (χ1) is 5.33. The van der Waals surface area contributed by atoms with Gasteiger partial charge in [0, 0.05) is 6.61 Å². The van der Waals surface area contributed by atoms with E-state index in [4.69, 9.17) is 4.74 Å². The molecular formula is C10H20O. The monoisotopic (exact) mass is 156 g/mol. The molecule has 0 amide bonds. The minimum Gasteiger partial charge on any atom is -0.378 e. The van der Waals surface area contributed by atoms with Crippen LogP contribution >= 0.6 is 0 Å². The van der Waals surface area contributed by atoms with E-state index in [2.05, 4.69) is 13.8 Å².